The molecule has 0 fully saturated rings. The van der Waals surface area contributed by atoms with Crippen molar-refractivity contribution in [1.29, 1.82) is 0 Å². The Labute approximate surface area is 163 Å². The van der Waals surface area contributed by atoms with Crippen LogP contribution in [-0.4, -0.2) is 33.7 Å². The van der Waals surface area contributed by atoms with Crippen LogP contribution in [0, 0.1) is 6.92 Å². The van der Waals surface area contributed by atoms with E-state index in [2.05, 4.69) is 5.10 Å². The van der Waals surface area contributed by atoms with Gasteiger partial charge in [0.1, 0.15) is 11.3 Å². The highest BCUT2D eigenvalue weighted by molar-refractivity contribution is 5.88. The molecule has 0 aliphatic heterocycles. The van der Waals surface area contributed by atoms with Gasteiger partial charge in [0.2, 0.25) is 0 Å². The Morgan fingerprint density at radius 2 is 2.11 bits per heavy atom. The van der Waals surface area contributed by atoms with Crippen LogP contribution in [0.1, 0.15) is 30.5 Å². The Balaban J connectivity index is 1.86. The number of ether oxygens (including phenoxy) is 1. The fourth-order valence-corrected chi connectivity index (χ4v) is 3.30. The molecule has 7 nitrogen and oxygen atoms in total. The second-order valence-electron chi connectivity index (χ2n) is 7.06. The molecule has 3 aromatic rings. The summed E-state index contributed by atoms with van der Waals surface area (Å²) in [5, 5.41) is 4.86. The van der Waals surface area contributed by atoms with E-state index in [-0.39, 0.29) is 11.5 Å². The predicted octanol–water partition coefficient (Wildman–Crippen LogP) is 2.82. The van der Waals surface area contributed by atoms with E-state index in [4.69, 9.17) is 9.15 Å². The number of aromatic nitrogens is 2. The van der Waals surface area contributed by atoms with Crippen LogP contribution in [0.5, 0.6) is 5.75 Å². The van der Waals surface area contributed by atoms with Gasteiger partial charge in [-0.2, -0.15) is 5.10 Å². The molecule has 148 valence electrons. The van der Waals surface area contributed by atoms with Gasteiger partial charge in [-0.3, -0.25) is 9.48 Å². The number of rotatable bonds is 6. The first-order valence-electron chi connectivity index (χ1n) is 9.25. The number of hydrogen-bond donors (Lipinski definition) is 0. The van der Waals surface area contributed by atoms with E-state index in [0.717, 1.165) is 22.1 Å². The van der Waals surface area contributed by atoms with Gasteiger partial charge in [-0.15, -0.1) is 0 Å². The Hall–Kier alpha value is -3.09. The van der Waals surface area contributed by atoms with Gasteiger partial charge in [-0.1, -0.05) is 6.92 Å². The fourth-order valence-electron chi connectivity index (χ4n) is 3.30. The quantitative estimate of drug-likeness (QED) is 0.612. The number of aryl methyl sites for hydroxylation is 3. The lowest BCUT2D eigenvalue weighted by Gasteiger charge is -2.22. The molecule has 1 aromatic carbocycles. The smallest absolute Gasteiger partial charge is 0.336 e. The van der Waals surface area contributed by atoms with Gasteiger partial charge < -0.3 is 14.1 Å². The molecule has 0 N–H and O–H groups in total. The van der Waals surface area contributed by atoms with Crippen LogP contribution in [0.4, 0.5) is 0 Å². The van der Waals surface area contributed by atoms with Gasteiger partial charge in [0, 0.05) is 38.5 Å². The van der Waals surface area contributed by atoms with Crippen LogP contribution < -0.4 is 10.4 Å². The molecule has 28 heavy (non-hydrogen) atoms. The minimum atomic E-state index is -0.691. The molecule has 7 heteroatoms. The highest BCUT2D eigenvalue weighted by Crippen LogP contribution is 2.31. The average molecular weight is 383 g/mol. The van der Waals surface area contributed by atoms with Crippen molar-refractivity contribution < 1.29 is 13.9 Å². The maximum absolute atomic E-state index is 12.8. The van der Waals surface area contributed by atoms with Crippen molar-refractivity contribution in [3.8, 4) is 5.75 Å². The van der Waals surface area contributed by atoms with Crippen molar-refractivity contribution >= 4 is 16.9 Å². The van der Waals surface area contributed by atoms with Crippen LogP contribution in [0.3, 0.4) is 0 Å². The second-order valence-corrected chi connectivity index (χ2v) is 7.06. The maximum Gasteiger partial charge on any atom is 0.336 e. The lowest BCUT2D eigenvalue weighted by atomic mass is 10.0. The lowest BCUT2D eigenvalue weighted by Crippen LogP contribution is -2.37. The van der Waals surface area contributed by atoms with Crippen LogP contribution in [0.15, 0.2) is 39.8 Å². The Morgan fingerprint density at radius 3 is 2.75 bits per heavy atom. The molecule has 0 aliphatic carbocycles. The molecule has 0 bridgehead atoms. The SMILES string of the molecule is CCc1cc(=O)oc2cc(C)cc(OC(C)C(=O)N(C)Cc3cnn(C)c3)c12. The van der Waals surface area contributed by atoms with Crippen molar-refractivity contribution in [2.24, 2.45) is 7.05 Å². The topological polar surface area (TPSA) is 77.6 Å². The van der Waals surface area contributed by atoms with Crippen molar-refractivity contribution in [2.75, 3.05) is 7.05 Å². The summed E-state index contributed by atoms with van der Waals surface area (Å²) in [5.74, 6) is 0.403. The van der Waals surface area contributed by atoms with Crippen molar-refractivity contribution in [1.82, 2.24) is 14.7 Å². The van der Waals surface area contributed by atoms with E-state index in [1.54, 1.807) is 29.7 Å². The normalized spacial score (nSPS) is 12.2. The third-order valence-electron chi connectivity index (χ3n) is 4.62. The number of likely N-dealkylation sites (N-methyl/N-ethyl adjacent to an activating group) is 1. The van der Waals surface area contributed by atoms with Crippen LogP contribution in [0.25, 0.3) is 11.0 Å². The molecule has 1 unspecified atom stereocenters. The zero-order valence-corrected chi connectivity index (χ0v) is 16.9. The number of benzene rings is 1. The second kappa shape index (κ2) is 7.88. The highest BCUT2D eigenvalue weighted by atomic mass is 16.5. The zero-order valence-electron chi connectivity index (χ0n) is 16.9. The third kappa shape index (κ3) is 4.08. The Morgan fingerprint density at radius 1 is 1.36 bits per heavy atom. The Bertz CT molecular complexity index is 1070. The molecule has 2 heterocycles. The van der Waals surface area contributed by atoms with Gasteiger partial charge in [0.15, 0.2) is 6.10 Å². The van der Waals surface area contributed by atoms with E-state index < -0.39 is 6.10 Å². The van der Waals surface area contributed by atoms with E-state index in [1.807, 2.05) is 39.2 Å². The van der Waals surface area contributed by atoms with Gasteiger partial charge in [0.25, 0.3) is 5.91 Å². The number of hydrogen-bond acceptors (Lipinski definition) is 5. The van der Waals surface area contributed by atoms with E-state index >= 15 is 0 Å². The van der Waals surface area contributed by atoms with Gasteiger partial charge >= 0.3 is 5.63 Å². The van der Waals surface area contributed by atoms with E-state index in [0.29, 0.717) is 24.3 Å². The molecule has 0 saturated carbocycles. The molecule has 0 saturated heterocycles. The standard InChI is InChI=1S/C21H25N3O4/c1-6-16-9-19(25)28-18-8-13(2)7-17(20(16)18)27-14(3)21(26)23(4)11-15-10-22-24(5)12-15/h7-10,12,14H,6,11H2,1-5H3. The largest absolute Gasteiger partial charge is 0.480 e. The Kier molecular flexibility index (Phi) is 5.53. The van der Waals surface area contributed by atoms with Crippen LogP contribution >= 0.6 is 0 Å². The summed E-state index contributed by atoms with van der Waals surface area (Å²) in [6.07, 6.45) is 3.58. The minimum Gasteiger partial charge on any atom is -0.480 e. The molecular formula is C21H25N3O4. The number of fused-ring (bicyclic) bond motifs is 1. The first kappa shape index (κ1) is 19.7. The fraction of sp³-hybridized carbons (Fsp3) is 0.381. The first-order valence-corrected chi connectivity index (χ1v) is 9.25. The van der Waals surface area contributed by atoms with Crippen LogP contribution in [0.2, 0.25) is 0 Å². The monoisotopic (exact) mass is 383 g/mol. The maximum atomic E-state index is 12.8. The molecular weight excluding hydrogens is 358 g/mol. The van der Waals surface area contributed by atoms with Gasteiger partial charge in [-0.25, -0.2) is 4.79 Å². The van der Waals surface area contributed by atoms with E-state index in [1.165, 1.54) is 6.07 Å². The van der Waals surface area contributed by atoms with Crippen LogP contribution in [-0.2, 0) is 24.8 Å². The summed E-state index contributed by atoms with van der Waals surface area (Å²) in [7, 11) is 3.57. The van der Waals surface area contributed by atoms with Crippen molar-refractivity contribution in [3.63, 3.8) is 0 Å². The summed E-state index contributed by atoms with van der Waals surface area (Å²) in [6, 6.07) is 5.15. The summed E-state index contributed by atoms with van der Waals surface area (Å²) >= 11 is 0. The molecule has 3 rings (SSSR count). The summed E-state index contributed by atoms with van der Waals surface area (Å²) in [5.41, 5.74) is 2.76. The first-order chi connectivity index (χ1) is 13.3. The predicted molar refractivity (Wildman–Crippen MR) is 106 cm³/mol. The summed E-state index contributed by atoms with van der Waals surface area (Å²) in [6.45, 7) is 6.03. The molecule has 0 aliphatic rings. The van der Waals surface area contributed by atoms with E-state index in [9.17, 15) is 9.59 Å². The summed E-state index contributed by atoms with van der Waals surface area (Å²) < 4.78 is 13.1. The lowest BCUT2D eigenvalue weighted by molar-refractivity contribution is -0.137. The number of nitrogens with zero attached hydrogens (tertiary/aromatic N) is 3. The van der Waals surface area contributed by atoms with Gasteiger partial charge in [-0.05, 0) is 43.5 Å². The molecule has 1 amide bonds. The average Bonchev–Trinajstić information content (AvgIpc) is 3.04. The molecule has 1 atom stereocenters. The molecule has 0 radical (unpaired) electrons. The number of carbonyl (C=O) groups is 1. The third-order valence-corrected chi connectivity index (χ3v) is 4.62. The van der Waals surface area contributed by atoms with Gasteiger partial charge in [0.05, 0.1) is 11.6 Å². The number of amides is 1. The highest BCUT2D eigenvalue weighted by Gasteiger charge is 2.22. The molecule has 0 spiro atoms. The minimum absolute atomic E-state index is 0.144. The number of carbonyl (C=O) groups excluding carboxylic acids is 1. The summed E-state index contributed by atoms with van der Waals surface area (Å²) in [4.78, 5) is 26.2. The molecule has 2 aromatic heterocycles. The zero-order chi connectivity index (χ0) is 20.4. The van der Waals surface area contributed by atoms with Crippen molar-refractivity contribution in [3.05, 3.63) is 57.7 Å². The van der Waals surface area contributed by atoms with Crippen molar-refractivity contribution in [2.45, 2.75) is 39.8 Å².